The Balaban J connectivity index is 2.07. The van der Waals surface area contributed by atoms with E-state index in [0.717, 1.165) is 15.6 Å². The Kier molecular flexibility index (Phi) is 2.16. The lowest BCUT2D eigenvalue weighted by atomic mass is 9.67. The maximum atomic E-state index is 14.5. The van der Waals surface area contributed by atoms with Crippen LogP contribution in [0.3, 0.4) is 0 Å². The Morgan fingerprint density at radius 2 is 1.85 bits per heavy atom. The highest BCUT2D eigenvalue weighted by Gasteiger charge is 2.51. The number of aromatic nitrogens is 1. The standard InChI is InChI=1S/C15H11BF2N2/c17-16(18)15-12(8-9-19-15)14(11-5-2-1-3-6-11)13-7-4-10-20(13)16/h1-10,19H. The van der Waals surface area contributed by atoms with Gasteiger partial charge in [-0.2, -0.15) is 0 Å². The number of benzene rings is 1. The molecule has 0 amide bonds. The van der Waals surface area contributed by atoms with Crippen molar-refractivity contribution >= 4 is 24.2 Å². The molecular weight excluding hydrogens is 257 g/mol. The number of allylic oxidation sites excluding steroid dienone is 2. The lowest BCUT2D eigenvalue weighted by Crippen LogP contribution is -2.54. The van der Waals surface area contributed by atoms with Gasteiger partial charge in [0, 0.05) is 17.7 Å². The van der Waals surface area contributed by atoms with Crippen LogP contribution in [0.1, 0.15) is 11.1 Å². The van der Waals surface area contributed by atoms with Crippen LogP contribution in [0.4, 0.5) is 8.63 Å². The molecule has 0 unspecified atom stereocenters. The van der Waals surface area contributed by atoms with Crippen LogP contribution in [-0.4, -0.2) is 22.5 Å². The lowest BCUT2D eigenvalue weighted by molar-refractivity contribution is -0.346. The molecule has 98 valence electrons. The van der Waals surface area contributed by atoms with Crippen LogP contribution in [0.5, 0.6) is 0 Å². The quantitative estimate of drug-likeness (QED) is 0.766. The highest BCUT2D eigenvalue weighted by Crippen LogP contribution is 2.35. The zero-order valence-electron chi connectivity index (χ0n) is 10.6. The molecule has 20 heavy (non-hydrogen) atoms. The number of halogens is 2. The molecule has 5 heteroatoms. The van der Waals surface area contributed by atoms with Crippen LogP contribution in [0.25, 0.3) is 5.57 Å². The van der Waals surface area contributed by atoms with Crippen molar-refractivity contribution in [2.75, 3.05) is 0 Å². The minimum absolute atomic E-state index is 0.00699. The molecule has 0 radical (unpaired) electrons. The second-order valence-corrected chi connectivity index (χ2v) is 4.97. The summed E-state index contributed by atoms with van der Waals surface area (Å²) < 4.78 is 30.1. The third-order valence-electron chi connectivity index (χ3n) is 3.84. The number of H-pyrrole nitrogens is 1. The molecular formula is C15H11BF2N2. The van der Waals surface area contributed by atoms with Crippen molar-refractivity contribution in [2.24, 2.45) is 0 Å². The summed E-state index contributed by atoms with van der Waals surface area (Å²) in [5.74, 6) is 0. The van der Waals surface area contributed by atoms with E-state index in [-0.39, 0.29) is 5.59 Å². The van der Waals surface area contributed by atoms with E-state index in [1.807, 2.05) is 30.3 Å². The highest BCUT2D eigenvalue weighted by molar-refractivity contribution is 6.74. The molecule has 4 rings (SSSR count). The van der Waals surface area contributed by atoms with Crippen LogP contribution in [0.2, 0.25) is 0 Å². The van der Waals surface area contributed by atoms with Gasteiger partial charge in [0.25, 0.3) is 0 Å². The minimum Gasteiger partial charge on any atom is -0.407 e. The maximum Gasteiger partial charge on any atom is 0.660 e. The molecule has 2 nitrogen and oxygen atoms in total. The summed E-state index contributed by atoms with van der Waals surface area (Å²) in [7, 11) is 0. The molecule has 2 aliphatic rings. The fraction of sp³-hybridized carbons (Fsp3) is 0. The van der Waals surface area contributed by atoms with E-state index in [4.69, 9.17) is 0 Å². The van der Waals surface area contributed by atoms with E-state index >= 15 is 0 Å². The van der Waals surface area contributed by atoms with E-state index in [9.17, 15) is 8.63 Å². The second kappa shape index (κ2) is 3.79. The van der Waals surface area contributed by atoms with Crippen LogP contribution in [0, 0.1) is 0 Å². The molecule has 2 aromatic rings. The lowest BCUT2D eigenvalue weighted by Gasteiger charge is -2.28. The predicted molar refractivity (Wildman–Crippen MR) is 76.3 cm³/mol. The number of aromatic amines is 1. The Labute approximate surface area is 114 Å². The zero-order chi connectivity index (χ0) is 13.7. The van der Waals surface area contributed by atoms with Crippen molar-refractivity contribution in [2.45, 2.75) is 0 Å². The van der Waals surface area contributed by atoms with Crippen molar-refractivity contribution in [3.8, 4) is 0 Å². The van der Waals surface area contributed by atoms with Crippen LogP contribution < -0.4 is 5.59 Å². The van der Waals surface area contributed by atoms with Crippen molar-refractivity contribution in [1.82, 2.24) is 4.98 Å². The maximum absolute atomic E-state index is 14.5. The van der Waals surface area contributed by atoms with Crippen LogP contribution >= 0.6 is 0 Å². The van der Waals surface area contributed by atoms with Gasteiger partial charge in [0.15, 0.2) is 5.70 Å². The third-order valence-corrected chi connectivity index (χ3v) is 3.84. The molecule has 0 spiro atoms. The third kappa shape index (κ3) is 1.35. The van der Waals surface area contributed by atoms with Crippen LogP contribution in [0.15, 0.2) is 60.4 Å². The number of hydrogen-bond acceptors (Lipinski definition) is 0. The summed E-state index contributed by atoms with van der Waals surface area (Å²) in [6.45, 7) is -3.77. The smallest absolute Gasteiger partial charge is 0.407 e. The van der Waals surface area contributed by atoms with Crippen molar-refractivity contribution in [3.05, 3.63) is 71.6 Å². The Bertz CT molecular complexity index is 785. The van der Waals surface area contributed by atoms with Gasteiger partial charge >= 0.3 is 6.84 Å². The molecule has 0 fully saturated rings. The van der Waals surface area contributed by atoms with E-state index in [0.29, 0.717) is 11.3 Å². The van der Waals surface area contributed by atoms with E-state index in [2.05, 4.69) is 4.98 Å². The topological polar surface area (TPSA) is 18.8 Å². The molecule has 1 aromatic heterocycles. The van der Waals surface area contributed by atoms with Gasteiger partial charge in [0.2, 0.25) is 0 Å². The van der Waals surface area contributed by atoms with Gasteiger partial charge in [-0.15, -0.1) is 0 Å². The molecule has 0 bridgehead atoms. The number of hydrogen-bond donors (Lipinski definition) is 1. The summed E-state index contributed by atoms with van der Waals surface area (Å²) >= 11 is 0. The molecule has 3 heterocycles. The van der Waals surface area contributed by atoms with Gasteiger partial charge in [-0.3, -0.25) is 0 Å². The minimum atomic E-state index is -3.77. The van der Waals surface area contributed by atoms with Gasteiger partial charge in [0.05, 0.1) is 5.57 Å². The highest BCUT2D eigenvalue weighted by atomic mass is 19.2. The first-order chi connectivity index (χ1) is 9.69. The zero-order valence-corrected chi connectivity index (χ0v) is 10.6. The van der Waals surface area contributed by atoms with Crippen molar-refractivity contribution in [3.63, 3.8) is 0 Å². The SMILES string of the molecule is F[B-]1(F)c2[nH]ccc2C(c2ccccc2)=C2C=CC=[N+]21. The largest absolute Gasteiger partial charge is 0.660 e. The average molecular weight is 268 g/mol. The summed E-state index contributed by atoms with van der Waals surface area (Å²) in [5, 5.41) is 0. The first-order valence-electron chi connectivity index (χ1n) is 6.49. The molecule has 0 saturated carbocycles. The monoisotopic (exact) mass is 268 g/mol. The molecule has 0 aliphatic carbocycles. The van der Waals surface area contributed by atoms with Crippen LogP contribution in [-0.2, 0) is 0 Å². The molecule has 1 aromatic carbocycles. The molecule has 1 N–H and O–H groups in total. The summed E-state index contributed by atoms with van der Waals surface area (Å²) in [5.41, 5.74) is 2.95. The van der Waals surface area contributed by atoms with E-state index in [1.54, 1.807) is 24.4 Å². The van der Waals surface area contributed by atoms with E-state index in [1.165, 1.54) is 6.21 Å². The number of rotatable bonds is 1. The second-order valence-electron chi connectivity index (χ2n) is 4.97. The Morgan fingerprint density at radius 1 is 1.05 bits per heavy atom. The van der Waals surface area contributed by atoms with Gasteiger partial charge in [-0.05, 0) is 23.4 Å². The van der Waals surface area contributed by atoms with Crippen molar-refractivity contribution < 1.29 is 13.1 Å². The van der Waals surface area contributed by atoms with Gasteiger partial charge in [-0.25, -0.2) is 0 Å². The summed E-state index contributed by atoms with van der Waals surface area (Å²) in [6.07, 6.45) is 6.44. The number of nitrogens with zero attached hydrogens (tertiary/aromatic N) is 1. The first-order valence-corrected chi connectivity index (χ1v) is 6.49. The van der Waals surface area contributed by atoms with Gasteiger partial charge in [0.1, 0.15) is 6.21 Å². The summed E-state index contributed by atoms with van der Waals surface area (Å²) in [6, 6.07) is 11.4. The Morgan fingerprint density at radius 3 is 2.65 bits per heavy atom. The molecule has 2 aliphatic heterocycles. The fourth-order valence-corrected chi connectivity index (χ4v) is 2.96. The normalized spacial score (nSPS) is 18.8. The predicted octanol–water partition coefficient (Wildman–Crippen LogP) is 2.53. The van der Waals surface area contributed by atoms with Crippen molar-refractivity contribution in [1.29, 1.82) is 0 Å². The fourth-order valence-electron chi connectivity index (χ4n) is 2.96. The summed E-state index contributed by atoms with van der Waals surface area (Å²) in [4.78, 5) is 2.71. The average Bonchev–Trinajstić information content (AvgIpc) is 3.09. The van der Waals surface area contributed by atoms with Gasteiger partial charge < -0.3 is 18.1 Å². The first kappa shape index (κ1) is 11.4. The number of fused-ring (bicyclic) bond motifs is 2. The van der Waals surface area contributed by atoms with Gasteiger partial charge in [-0.1, -0.05) is 30.3 Å². The molecule has 0 atom stereocenters. The van der Waals surface area contributed by atoms with E-state index < -0.39 is 6.84 Å². The molecule has 0 saturated heterocycles. The Hall–Kier alpha value is -2.43. The number of nitrogens with one attached hydrogen (secondary N) is 1.